The van der Waals surface area contributed by atoms with Gasteiger partial charge in [0.25, 0.3) is 5.89 Å². The second-order valence-corrected chi connectivity index (χ2v) is 10.1. The number of aliphatic hydroxyl groups is 1. The largest absolute Gasteiger partial charge is 0.380 e. The molecule has 3 heterocycles. The maximum Gasteiger partial charge on any atom is 0.257 e. The lowest BCUT2D eigenvalue weighted by molar-refractivity contribution is -0.0767. The highest BCUT2D eigenvalue weighted by molar-refractivity contribution is 5.56. The zero-order valence-corrected chi connectivity index (χ0v) is 20.3. The van der Waals surface area contributed by atoms with Gasteiger partial charge in [-0.05, 0) is 34.7 Å². The SMILES string of the molecule is CC(C)c1ccc([C@](O)(c2cccc(-c3nc(CN4CCOCC4)no3)c2)C2(C)CNC2)cc1. The van der Waals surface area contributed by atoms with Gasteiger partial charge in [-0.15, -0.1) is 0 Å². The van der Waals surface area contributed by atoms with Crippen LogP contribution in [0.5, 0.6) is 0 Å². The lowest BCUT2D eigenvalue weighted by atomic mass is 9.62. The van der Waals surface area contributed by atoms with E-state index in [0.29, 0.717) is 24.2 Å². The predicted molar refractivity (Wildman–Crippen MR) is 130 cm³/mol. The summed E-state index contributed by atoms with van der Waals surface area (Å²) in [6.45, 7) is 11.8. The Morgan fingerprint density at radius 2 is 1.82 bits per heavy atom. The molecule has 7 heteroatoms. The fourth-order valence-corrected chi connectivity index (χ4v) is 5.00. The molecule has 2 fully saturated rings. The van der Waals surface area contributed by atoms with Crippen LogP contribution in [0.3, 0.4) is 0 Å². The number of nitrogens with one attached hydrogen (secondary N) is 1. The third-order valence-corrected chi connectivity index (χ3v) is 7.36. The minimum Gasteiger partial charge on any atom is -0.380 e. The van der Waals surface area contributed by atoms with Gasteiger partial charge in [-0.25, -0.2) is 0 Å². The highest BCUT2D eigenvalue weighted by Gasteiger charge is 2.53. The number of morpholine rings is 1. The van der Waals surface area contributed by atoms with Crippen LogP contribution >= 0.6 is 0 Å². The molecule has 0 radical (unpaired) electrons. The van der Waals surface area contributed by atoms with Crippen molar-refractivity contribution < 1.29 is 14.4 Å². The van der Waals surface area contributed by atoms with E-state index in [9.17, 15) is 5.11 Å². The maximum atomic E-state index is 12.3. The molecule has 2 saturated heterocycles. The van der Waals surface area contributed by atoms with Gasteiger partial charge in [-0.3, -0.25) is 4.90 Å². The second kappa shape index (κ2) is 9.23. The van der Waals surface area contributed by atoms with Crippen LogP contribution in [-0.2, 0) is 16.9 Å². The monoisotopic (exact) mass is 462 g/mol. The first-order valence-electron chi connectivity index (χ1n) is 12.2. The Labute approximate surface area is 201 Å². The van der Waals surface area contributed by atoms with E-state index in [2.05, 4.69) is 65.4 Å². The topological polar surface area (TPSA) is 83.7 Å². The molecule has 1 aromatic heterocycles. The molecule has 2 N–H and O–H groups in total. The molecule has 0 amide bonds. The van der Waals surface area contributed by atoms with Crippen molar-refractivity contribution in [1.29, 1.82) is 0 Å². The van der Waals surface area contributed by atoms with Gasteiger partial charge in [0.1, 0.15) is 5.60 Å². The van der Waals surface area contributed by atoms with Gasteiger partial charge in [0.05, 0.1) is 19.8 Å². The van der Waals surface area contributed by atoms with Crippen LogP contribution in [0.15, 0.2) is 53.1 Å². The van der Waals surface area contributed by atoms with E-state index in [1.165, 1.54) is 5.56 Å². The second-order valence-electron chi connectivity index (χ2n) is 10.1. The molecule has 2 aliphatic rings. The van der Waals surface area contributed by atoms with E-state index in [-0.39, 0.29) is 5.41 Å². The zero-order chi connectivity index (χ0) is 23.8. The van der Waals surface area contributed by atoms with E-state index < -0.39 is 5.60 Å². The summed E-state index contributed by atoms with van der Waals surface area (Å²) in [5.41, 5.74) is 2.32. The minimum atomic E-state index is -1.15. The number of ether oxygens (including phenoxy) is 1. The Balaban J connectivity index is 1.47. The lowest BCUT2D eigenvalue weighted by Crippen LogP contribution is -2.63. The maximum absolute atomic E-state index is 12.3. The molecule has 34 heavy (non-hydrogen) atoms. The molecule has 0 unspecified atom stereocenters. The fraction of sp³-hybridized carbons (Fsp3) is 0.481. The summed E-state index contributed by atoms with van der Waals surface area (Å²) in [5.74, 6) is 1.58. The van der Waals surface area contributed by atoms with Crippen molar-refractivity contribution in [2.45, 2.75) is 38.8 Å². The smallest absolute Gasteiger partial charge is 0.257 e. The van der Waals surface area contributed by atoms with Crippen LogP contribution in [0.4, 0.5) is 0 Å². The molecular weight excluding hydrogens is 428 g/mol. The van der Waals surface area contributed by atoms with E-state index in [1.807, 2.05) is 24.3 Å². The third kappa shape index (κ3) is 4.18. The molecule has 180 valence electrons. The minimum absolute atomic E-state index is 0.332. The van der Waals surface area contributed by atoms with Crippen LogP contribution in [0.1, 0.15) is 49.2 Å². The Morgan fingerprint density at radius 3 is 2.47 bits per heavy atom. The summed E-state index contributed by atoms with van der Waals surface area (Å²) in [6.07, 6.45) is 0. The van der Waals surface area contributed by atoms with Gasteiger partial charge in [-0.2, -0.15) is 4.98 Å². The van der Waals surface area contributed by atoms with Crippen LogP contribution in [0, 0.1) is 5.41 Å². The van der Waals surface area contributed by atoms with Crippen LogP contribution in [-0.4, -0.2) is 59.5 Å². The van der Waals surface area contributed by atoms with Crippen molar-refractivity contribution in [1.82, 2.24) is 20.4 Å². The van der Waals surface area contributed by atoms with Crippen molar-refractivity contribution in [3.63, 3.8) is 0 Å². The number of rotatable bonds is 7. The van der Waals surface area contributed by atoms with Crippen molar-refractivity contribution in [2.75, 3.05) is 39.4 Å². The molecule has 2 aliphatic heterocycles. The average molecular weight is 463 g/mol. The van der Waals surface area contributed by atoms with Gasteiger partial charge < -0.3 is 19.7 Å². The molecule has 3 aromatic rings. The van der Waals surface area contributed by atoms with E-state index in [4.69, 9.17) is 9.26 Å². The average Bonchev–Trinajstić information content (AvgIpc) is 3.31. The van der Waals surface area contributed by atoms with Crippen molar-refractivity contribution in [3.8, 4) is 11.5 Å². The van der Waals surface area contributed by atoms with Crippen LogP contribution in [0.25, 0.3) is 11.5 Å². The first kappa shape index (κ1) is 23.2. The van der Waals surface area contributed by atoms with Gasteiger partial charge in [0, 0.05) is 37.2 Å². The van der Waals surface area contributed by atoms with Gasteiger partial charge in [0.15, 0.2) is 5.82 Å². The molecule has 0 bridgehead atoms. The molecule has 5 rings (SSSR count). The third-order valence-electron chi connectivity index (χ3n) is 7.36. The summed E-state index contributed by atoms with van der Waals surface area (Å²) < 4.78 is 11.0. The van der Waals surface area contributed by atoms with Crippen LogP contribution in [0.2, 0.25) is 0 Å². The fourth-order valence-electron chi connectivity index (χ4n) is 5.00. The van der Waals surface area contributed by atoms with Crippen LogP contribution < -0.4 is 5.32 Å². The van der Waals surface area contributed by atoms with Gasteiger partial charge >= 0.3 is 0 Å². The summed E-state index contributed by atoms with van der Waals surface area (Å²) in [6, 6.07) is 16.3. The molecule has 2 aromatic carbocycles. The van der Waals surface area contributed by atoms with Crippen molar-refractivity contribution in [3.05, 3.63) is 71.0 Å². The number of benzene rings is 2. The highest BCUT2D eigenvalue weighted by atomic mass is 16.5. The highest BCUT2D eigenvalue weighted by Crippen LogP contribution is 2.48. The standard InChI is InChI=1S/C27H34N4O3/c1-19(2)20-7-9-22(10-8-20)27(32,26(3)17-28-18-26)23-6-4-5-21(15-23)25-29-24(30-34-25)16-31-11-13-33-14-12-31/h4-10,15,19,28,32H,11-14,16-18H2,1-3H3/t27-/m0/s1. The first-order valence-corrected chi connectivity index (χ1v) is 12.2. The van der Waals surface area contributed by atoms with E-state index in [1.54, 1.807) is 0 Å². The molecular formula is C27H34N4O3. The summed E-state index contributed by atoms with van der Waals surface area (Å²) >= 11 is 0. The number of hydrogen-bond acceptors (Lipinski definition) is 7. The first-order chi connectivity index (χ1) is 16.4. The zero-order valence-electron chi connectivity index (χ0n) is 20.3. The number of hydrogen-bond donors (Lipinski definition) is 2. The molecule has 0 aliphatic carbocycles. The van der Waals surface area contributed by atoms with Crippen molar-refractivity contribution >= 4 is 0 Å². The van der Waals surface area contributed by atoms with E-state index in [0.717, 1.165) is 56.1 Å². The Hall–Kier alpha value is -2.58. The van der Waals surface area contributed by atoms with Crippen molar-refractivity contribution in [2.24, 2.45) is 5.41 Å². The molecule has 0 spiro atoms. The number of nitrogens with zero attached hydrogens (tertiary/aromatic N) is 3. The van der Waals surface area contributed by atoms with Gasteiger partial charge in [-0.1, -0.05) is 62.3 Å². The summed E-state index contributed by atoms with van der Waals surface area (Å²) in [5, 5.41) is 19.9. The normalized spacial score (nSPS) is 20.1. The lowest BCUT2D eigenvalue weighted by Gasteiger charge is -2.52. The quantitative estimate of drug-likeness (QED) is 0.556. The Kier molecular flexibility index (Phi) is 6.29. The Bertz CT molecular complexity index is 1120. The summed E-state index contributed by atoms with van der Waals surface area (Å²) in [4.78, 5) is 6.91. The number of aromatic nitrogens is 2. The summed E-state index contributed by atoms with van der Waals surface area (Å²) in [7, 11) is 0. The molecule has 0 saturated carbocycles. The Morgan fingerprint density at radius 1 is 1.09 bits per heavy atom. The van der Waals surface area contributed by atoms with E-state index >= 15 is 0 Å². The molecule has 7 nitrogen and oxygen atoms in total. The predicted octanol–water partition coefficient (Wildman–Crippen LogP) is 3.54. The molecule has 1 atom stereocenters. The van der Waals surface area contributed by atoms with Gasteiger partial charge in [0.2, 0.25) is 0 Å².